The molecule has 0 unspecified atom stereocenters. The summed E-state index contributed by atoms with van der Waals surface area (Å²) in [5.74, 6) is 0.917. The van der Waals surface area contributed by atoms with E-state index in [-0.39, 0.29) is 5.91 Å². The molecule has 120 valence electrons. The number of rotatable bonds is 3. The molecule has 0 aliphatic carbocycles. The fourth-order valence-electron chi connectivity index (χ4n) is 2.50. The fourth-order valence-corrected chi connectivity index (χ4v) is 4.31. The van der Waals surface area contributed by atoms with Crippen molar-refractivity contribution in [2.45, 2.75) is 13.3 Å². The highest BCUT2D eigenvalue weighted by atomic mass is 79.9. The number of benzene rings is 2. The fraction of sp³-hybridized carbons (Fsp3) is 0.235. The molecule has 1 N–H and O–H groups in total. The Morgan fingerprint density at radius 1 is 1.30 bits per heavy atom. The van der Waals surface area contributed by atoms with Crippen LogP contribution < -0.4 is 9.62 Å². The molecule has 23 heavy (non-hydrogen) atoms. The van der Waals surface area contributed by atoms with Crippen molar-refractivity contribution < 1.29 is 4.79 Å². The normalized spacial score (nSPS) is 14.1. The zero-order chi connectivity index (χ0) is 16.4. The summed E-state index contributed by atoms with van der Waals surface area (Å²) in [6.07, 6.45) is 1.16. The number of hydrogen-bond acceptors (Lipinski definition) is 3. The number of amides is 1. The van der Waals surface area contributed by atoms with Crippen LogP contribution in [0.25, 0.3) is 0 Å². The number of carbonyl (C=O) groups excluding carboxylic acids is 1. The minimum Gasteiger partial charge on any atom is -0.322 e. The van der Waals surface area contributed by atoms with Crippen molar-refractivity contribution in [1.82, 2.24) is 0 Å². The largest absolute Gasteiger partial charge is 0.322 e. The first-order valence-corrected chi connectivity index (χ1v) is 9.43. The van der Waals surface area contributed by atoms with Crippen LogP contribution in [0.5, 0.6) is 0 Å². The number of nitrogens with zero attached hydrogens (tertiary/aromatic N) is 1. The average molecular weight is 412 g/mol. The molecule has 2 aromatic carbocycles. The van der Waals surface area contributed by atoms with Crippen molar-refractivity contribution >= 4 is 56.8 Å². The smallest absolute Gasteiger partial charge is 0.257 e. The molecular formula is C17H16BrClN2OS. The third-order valence-electron chi connectivity index (χ3n) is 3.54. The summed E-state index contributed by atoms with van der Waals surface area (Å²) < 4.78 is 3.14. The Morgan fingerprint density at radius 3 is 2.83 bits per heavy atom. The summed E-state index contributed by atoms with van der Waals surface area (Å²) in [4.78, 5) is 12.6. The first-order chi connectivity index (χ1) is 11.0. The van der Waals surface area contributed by atoms with Crippen LogP contribution >= 0.6 is 39.5 Å². The van der Waals surface area contributed by atoms with Crippen molar-refractivity contribution in [3.05, 3.63) is 57.0 Å². The van der Waals surface area contributed by atoms with Crippen LogP contribution in [0.4, 0.5) is 11.4 Å². The monoisotopic (exact) mass is 410 g/mol. The SMILES string of the molecule is Cc1cc(Br)cc(NC(=O)c2cc(N3CCCS3)ccc2Cl)c1. The van der Waals surface area contributed by atoms with Gasteiger partial charge in [0.05, 0.1) is 10.6 Å². The number of halogens is 2. The van der Waals surface area contributed by atoms with E-state index >= 15 is 0 Å². The number of aryl methyl sites for hydroxylation is 1. The molecule has 0 atom stereocenters. The van der Waals surface area contributed by atoms with Gasteiger partial charge in [-0.15, -0.1) is 0 Å². The molecule has 6 heteroatoms. The van der Waals surface area contributed by atoms with Gasteiger partial charge in [0.2, 0.25) is 0 Å². The second-order valence-corrected chi connectivity index (χ2v) is 7.85. The lowest BCUT2D eigenvalue weighted by Crippen LogP contribution is -2.15. The molecule has 3 nitrogen and oxygen atoms in total. The zero-order valence-electron chi connectivity index (χ0n) is 12.6. The van der Waals surface area contributed by atoms with Gasteiger partial charge < -0.3 is 9.62 Å². The highest BCUT2D eigenvalue weighted by Crippen LogP contribution is 2.31. The number of carbonyl (C=O) groups is 1. The summed E-state index contributed by atoms with van der Waals surface area (Å²) in [7, 11) is 0. The van der Waals surface area contributed by atoms with Crippen molar-refractivity contribution in [1.29, 1.82) is 0 Å². The van der Waals surface area contributed by atoms with Gasteiger partial charge in [-0.1, -0.05) is 27.5 Å². The van der Waals surface area contributed by atoms with Gasteiger partial charge in [-0.2, -0.15) is 0 Å². The molecule has 0 saturated carbocycles. The van der Waals surface area contributed by atoms with E-state index in [4.69, 9.17) is 11.6 Å². The van der Waals surface area contributed by atoms with E-state index in [0.717, 1.165) is 40.1 Å². The highest BCUT2D eigenvalue weighted by molar-refractivity contribution is 9.10. The molecule has 0 radical (unpaired) electrons. The topological polar surface area (TPSA) is 32.3 Å². The predicted octanol–water partition coefficient (Wildman–Crippen LogP) is 5.52. The minimum atomic E-state index is -0.196. The van der Waals surface area contributed by atoms with Gasteiger partial charge >= 0.3 is 0 Å². The Morgan fingerprint density at radius 2 is 2.13 bits per heavy atom. The van der Waals surface area contributed by atoms with E-state index in [9.17, 15) is 4.79 Å². The van der Waals surface area contributed by atoms with E-state index in [1.54, 1.807) is 18.0 Å². The van der Waals surface area contributed by atoms with Gasteiger partial charge in [0, 0.05) is 28.1 Å². The van der Waals surface area contributed by atoms with Crippen LogP contribution in [0.3, 0.4) is 0 Å². The van der Waals surface area contributed by atoms with Crippen molar-refractivity contribution in [2.24, 2.45) is 0 Å². The van der Waals surface area contributed by atoms with Gasteiger partial charge in [0.15, 0.2) is 0 Å². The zero-order valence-corrected chi connectivity index (χ0v) is 15.8. The van der Waals surface area contributed by atoms with E-state index in [2.05, 4.69) is 25.6 Å². The number of anilines is 2. The van der Waals surface area contributed by atoms with Gasteiger partial charge in [-0.3, -0.25) is 4.79 Å². The van der Waals surface area contributed by atoms with Crippen LogP contribution in [-0.4, -0.2) is 18.2 Å². The Labute approximate surface area is 153 Å². The first-order valence-electron chi connectivity index (χ1n) is 7.31. The van der Waals surface area contributed by atoms with Crippen LogP contribution in [0.15, 0.2) is 40.9 Å². The second-order valence-electron chi connectivity index (χ2n) is 5.42. The summed E-state index contributed by atoms with van der Waals surface area (Å²) in [6, 6.07) is 11.4. The van der Waals surface area contributed by atoms with E-state index < -0.39 is 0 Å². The maximum Gasteiger partial charge on any atom is 0.257 e. The molecule has 1 saturated heterocycles. The molecule has 0 spiro atoms. The maximum absolute atomic E-state index is 12.6. The second kappa shape index (κ2) is 7.16. The van der Waals surface area contributed by atoms with E-state index in [1.807, 2.05) is 37.3 Å². The molecule has 3 rings (SSSR count). The van der Waals surface area contributed by atoms with Crippen LogP contribution in [-0.2, 0) is 0 Å². The predicted molar refractivity (Wildman–Crippen MR) is 103 cm³/mol. The van der Waals surface area contributed by atoms with Gasteiger partial charge in [-0.05, 0) is 67.3 Å². The molecular weight excluding hydrogens is 396 g/mol. The average Bonchev–Trinajstić information content (AvgIpc) is 3.00. The summed E-state index contributed by atoms with van der Waals surface area (Å²) in [6.45, 7) is 2.98. The lowest BCUT2D eigenvalue weighted by atomic mass is 10.1. The third kappa shape index (κ3) is 4.03. The maximum atomic E-state index is 12.6. The molecule has 1 amide bonds. The van der Waals surface area contributed by atoms with E-state index in [1.165, 1.54) is 0 Å². The summed E-state index contributed by atoms with van der Waals surface area (Å²) in [5.41, 5.74) is 3.34. The van der Waals surface area contributed by atoms with Crippen LogP contribution in [0.2, 0.25) is 5.02 Å². The number of hydrogen-bond donors (Lipinski definition) is 1. The summed E-state index contributed by atoms with van der Waals surface area (Å²) >= 11 is 11.5. The molecule has 1 aliphatic rings. The molecule has 1 fully saturated rings. The van der Waals surface area contributed by atoms with Gasteiger partial charge in [0.1, 0.15) is 0 Å². The Bertz CT molecular complexity index is 727. The van der Waals surface area contributed by atoms with Crippen LogP contribution in [0.1, 0.15) is 22.3 Å². The first kappa shape index (κ1) is 16.7. The van der Waals surface area contributed by atoms with Crippen molar-refractivity contribution in [3.8, 4) is 0 Å². The summed E-state index contributed by atoms with van der Waals surface area (Å²) in [5, 5.41) is 3.38. The van der Waals surface area contributed by atoms with Gasteiger partial charge in [-0.25, -0.2) is 0 Å². The molecule has 0 bridgehead atoms. The third-order valence-corrected chi connectivity index (χ3v) is 5.50. The highest BCUT2D eigenvalue weighted by Gasteiger charge is 2.17. The van der Waals surface area contributed by atoms with Crippen LogP contribution in [0, 0.1) is 6.92 Å². The van der Waals surface area contributed by atoms with Crippen molar-refractivity contribution in [2.75, 3.05) is 21.9 Å². The quantitative estimate of drug-likeness (QED) is 0.675. The van der Waals surface area contributed by atoms with Gasteiger partial charge in [0.25, 0.3) is 5.91 Å². The Kier molecular flexibility index (Phi) is 5.19. The van der Waals surface area contributed by atoms with Crippen molar-refractivity contribution in [3.63, 3.8) is 0 Å². The molecule has 0 aromatic heterocycles. The molecule has 1 heterocycles. The standard InChI is InChI=1S/C17H16BrClN2OS/c1-11-7-12(18)9-13(8-11)20-17(22)15-10-14(3-4-16(15)19)21-5-2-6-23-21/h3-4,7-10H,2,5-6H2,1H3,(H,20,22). The number of nitrogens with one attached hydrogen (secondary N) is 1. The lowest BCUT2D eigenvalue weighted by Gasteiger charge is -2.17. The Hall–Kier alpha value is -1.17. The Balaban J connectivity index is 1.84. The minimum absolute atomic E-state index is 0.196. The van der Waals surface area contributed by atoms with E-state index in [0.29, 0.717) is 10.6 Å². The lowest BCUT2D eigenvalue weighted by molar-refractivity contribution is 0.102. The molecule has 2 aromatic rings. The molecule has 1 aliphatic heterocycles.